The minimum Gasteiger partial charge on any atom is -0.366 e. The molecular formula is C18H20N4O2. The van der Waals surface area contributed by atoms with Crippen LogP contribution in [0.2, 0.25) is 0 Å². The molecule has 3 rings (SSSR count). The minimum atomic E-state index is -0.453. The van der Waals surface area contributed by atoms with Crippen LogP contribution in [0, 0.1) is 0 Å². The maximum atomic E-state index is 11.4. The summed E-state index contributed by atoms with van der Waals surface area (Å²) >= 11 is 0. The van der Waals surface area contributed by atoms with Crippen molar-refractivity contribution >= 4 is 22.7 Å². The topological polar surface area (TPSA) is 101 Å². The number of amides is 2. The molecule has 1 aromatic heterocycles. The van der Waals surface area contributed by atoms with Gasteiger partial charge in [-0.25, -0.2) is 0 Å². The Labute approximate surface area is 139 Å². The van der Waals surface area contributed by atoms with Crippen LogP contribution in [0.5, 0.6) is 0 Å². The largest absolute Gasteiger partial charge is 0.366 e. The number of nitrogens with one attached hydrogen (secondary N) is 2. The van der Waals surface area contributed by atoms with Gasteiger partial charge in [0.15, 0.2) is 0 Å². The number of hydrogen-bond acceptors (Lipinski definition) is 3. The van der Waals surface area contributed by atoms with E-state index in [1.165, 1.54) is 0 Å². The number of rotatable bonds is 5. The fourth-order valence-electron chi connectivity index (χ4n) is 2.86. The number of nitrogens with two attached hydrogens (primary N) is 1. The number of H-pyrrole nitrogens is 1. The zero-order valence-corrected chi connectivity index (χ0v) is 13.5. The van der Waals surface area contributed by atoms with E-state index in [0.29, 0.717) is 18.5 Å². The smallest absolute Gasteiger partial charge is 0.248 e. The Morgan fingerprint density at radius 3 is 3.00 bits per heavy atom. The van der Waals surface area contributed by atoms with Gasteiger partial charge in [-0.05, 0) is 30.2 Å². The second-order valence-electron chi connectivity index (χ2n) is 5.85. The maximum absolute atomic E-state index is 11.4. The van der Waals surface area contributed by atoms with E-state index >= 15 is 0 Å². The molecule has 2 amide bonds. The van der Waals surface area contributed by atoms with Crippen molar-refractivity contribution in [3.8, 4) is 0 Å². The van der Waals surface area contributed by atoms with Gasteiger partial charge in [-0.15, -0.1) is 0 Å². The first-order valence-electron chi connectivity index (χ1n) is 8.00. The van der Waals surface area contributed by atoms with Crippen molar-refractivity contribution < 1.29 is 9.59 Å². The molecule has 0 fully saturated rings. The number of hydrogen-bond donors (Lipinski definition) is 3. The van der Waals surface area contributed by atoms with Crippen molar-refractivity contribution in [1.29, 1.82) is 0 Å². The minimum absolute atomic E-state index is 0.0320. The van der Waals surface area contributed by atoms with Crippen molar-refractivity contribution in [2.45, 2.75) is 25.7 Å². The summed E-state index contributed by atoms with van der Waals surface area (Å²) in [5.41, 5.74) is 8.66. The molecule has 6 nitrogen and oxygen atoms in total. The summed E-state index contributed by atoms with van der Waals surface area (Å²) in [5.74, 6) is -0.299. The third-order valence-electron chi connectivity index (χ3n) is 4.19. The predicted molar refractivity (Wildman–Crippen MR) is 92.5 cm³/mol. The van der Waals surface area contributed by atoms with Crippen molar-refractivity contribution in [3.63, 3.8) is 0 Å². The summed E-state index contributed by atoms with van der Waals surface area (Å²) in [4.78, 5) is 22.8. The van der Waals surface area contributed by atoms with Crippen molar-refractivity contribution in [3.05, 3.63) is 53.3 Å². The van der Waals surface area contributed by atoms with Gasteiger partial charge in [-0.2, -0.15) is 5.10 Å². The standard InChI is InChI=1S/C18H20N4O2/c1-2-16(23)20-10-11-4-3-5-12(8-11)17-14-9-13(18(19)24)6-7-15(14)21-22-17/h3-4,6-9,12H,2,5,10H2,1H3,(H2,19,24)(H,20,23)(H,21,22). The van der Waals surface area contributed by atoms with Crippen LogP contribution in [0.1, 0.15) is 41.7 Å². The summed E-state index contributed by atoms with van der Waals surface area (Å²) < 4.78 is 0. The number of allylic oxidation sites excluding steroid dienone is 2. The van der Waals surface area contributed by atoms with Gasteiger partial charge in [0.05, 0.1) is 11.2 Å². The van der Waals surface area contributed by atoms with Crippen LogP contribution in [0.3, 0.4) is 0 Å². The van der Waals surface area contributed by atoms with Gasteiger partial charge in [0.1, 0.15) is 0 Å². The lowest BCUT2D eigenvalue weighted by Crippen LogP contribution is -2.24. The second kappa shape index (κ2) is 6.70. The second-order valence-corrected chi connectivity index (χ2v) is 5.85. The zero-order valence-electron chi connectivity index (χ0n) is 13.5. The Morgan fingerprint density at radius 2 is 2.25 bits per heavy atom. The van der Waals surface area contributed by atoms with Gasteiger partial charge in [0.25, 0.3) is 0 Å². The van der Waals surface area contributed by atoms with Crippen LogP contribution < -0.4 is 11.1 Å². The number of aromatic nitrogens is 2. The van der Waals surface area contributed by atoms with Gasteiger partial charge < -0.3 is 11.1 Å². The summed E-state index contributed by atoms with van der Waals surface area (Å²) in [5, 5.41) is 11.2. The molecule has 1 aliphatic rings. The highest BCUT2D eigenvalue weighted by Gasteiger charge is 2.18. The first-order valence-corrected chi connectivity index (χ1v) is 8.00. The van der Waals surface area contributed by atoms with Crippen molar-refractivity contribution in [1.82, 2.24) is 15.5 Å². The van der Waals surface area contributed by atoms with Crippen molar-refractivity contribution in [2.24, 2.45) is 5.73 Å². The Kier molecular flexibility index (Phi) is 4.46. The average Bonchev–Trinajstić information content (AvgIpc) is 3.03. The lowest BCUT2D eigenvalue weighted by atomic mass is 9.91. The SMILES string of the molecule is CCC(=O)NCC1=CC(c2[nH]nc3ccc(C(N)=O)cc23)CC=C1. The Balaban J connectivity index is 1.88. The zero-order chi connectivity index (χ0) is 17.1. The Morgan fingerprint density at radius 1 is 1.42 bits per heavy atom. The lowest BCUT2D eigenvalue weighted by molar-refractivity contribution is -0.120. The van der Waals surface area contributed by atoms with Gasteiger partial charge in [-0.3, -0.25) is 14.7 Å². The van der Waals surface area contributed by atoms with Gasteiger partial charge in [-0.1, -0.05) is 25.2 Å². The fourth-order valence-corrected chi connectivity index (χ4v) is 2.86. The van der Waals surface area contributed by atoms with E-state index in [-0.39, 0.29) is 11.8 Å². The molecule has 0 saturated carbocycles. The molecule has 24 heavy (non-hydrogen) atoms. The molecule has 4 N–H and O–H groups in total. The fraction of sp³-hybridized carbons (Fsp3) is 0.278. The number of carbonyl (C=O) groups excluding carboxylic acids is 2. The maximum Gasteiger partial charge on any atom is 0.248 e. The molecule has 1 aromatic carbocycles. The number of nitrogens with zero attached hydrogens (tertiary/aromatic N) is 1. The molecule has 124 valence electrons. The van der Waals surface area contributed by atoms with Crippen LogP contribution in [-0.2, 0) is 4.79 Å². The number of primary amides is 1. The average molecular weight is 324 g/mol. The quantitative estimate of drug-likeness (QED) is 0.785. The molecule has 6 heteroatoms. The highest BCUT2D eigenvalue weighted by atomic mass is 16.1. The number of carbonyl (C=O) groups is 2. The molecule has 0 radical (unpaired) electrons. The first-order chi connectivity index (χ1) is 11.6. The normalized spacial score (nSPS) is 16.9. The van der Waals surface area contributed by atoms with E-state index in [2.05, 4.69) is 27.7 Å². The highest BCUT2D eigenvalue weighted by molar-refractivity contribution is 5.97. The van der Waals surface area contributed by atoms with Crippen LogP contribution in [-0.4, -0.2) is 28.6 Å². The molecule has 1 unspecified atom stereocenters. The van der Waals surface area contributed by atoms with E-state index in [1.807, 2.05) is 13.0 Å². The number of aromatic amines is 1. The molecule has 0 spiro atoms. The van der Waals surface area contributed by atoms with Crippen LogP contribution in [0.25, 0.3) is 10.9 Å². The third kappa shape index (κ3) is 3.22. The van der Waals surface area contributed by atoms with Gasteiger partial charge in [0.2, 0.25) is 11.8 Å². The molecule has 1 atom stereocenters. The monoisotopic (exact) mass is 324 g/mol. The van der Waals surface area contributed by atoms with Crippen LogP contribution in [0.4, 0.5) is 0 Å². The van der Waals surface area contributed by atoms with Gasteiger partial charge >= 0.3 is 0 Å². The molecular weight excluding hydrogens is 304 g/mol. The van der Waals surface area contributed by atoms with E-state index in [4.69, 9.17) is 5.73 Å². The van der Waals surface area contributed by atoms with E-state index in [0.717, 1.165) is 28.6 Å². The summed E-state index contributed by atoms with van der Waals surface area (Å²) in [7, 11) is 0. The number of benzene rings is 1. The molecule has 1 aliphatic carbocycles. The summed E-state index contributed by atoms with van der Waals surface area (Å²) in [6.45, 7) is 2.34. The Bertz CT molecular complexity index is 848. The van der Waals surface area contributed by atoms with Gasteiger partial charge in [0, 0.05) is 29.8 Å². The molecule has 0 aliphatic heterocycles. The molecule has 0 bridgehead atoms. The van der Waals surface area contributed by atoms with Crippen LogP contribution >= 0.6 is 0 Å². The highest BCUT2D eigenvalue weighted by Crippen LogP contribution is 2.31. The van der Waals surface area contributed by atoms with Crippen molar-refractivity contribution in [2.75, 3.05) is 6.54 Å². The summed E-state index contributed by atoms with van der Waals surface area (Å²) in [6, 6.07) is 5.25. The molecule has 2 aromatic rings. The van der Waals surface area contributed by atoms with E-state index in [9.17, 15) is 9.59 Å². The number of fused-ring (bicyclic) bond motifs is 1. The Hall–Kier alpha value is -2.89. The van der Waals surface area contributed by atoms with E-state index < -0.39 is 5.91 Å². The first kappa shape index (κ1) is 16.0. The third-order valence-corrected chi connectivity index (χ3v) is 4.19. The predicted octanol–water partition coefficient (Wildman–Crippen LogP) is 2.16. The molecule has 0 saturated heterocycles. The van der Waals surface area contributed by atoms with E-state index in [1.54, 1.807) is 18.2 Å². The van der Waals surface area contributed by atoms with Crippen LogP contribution in [0.15, 0.2) is 42.0 Å². The molecule has 1 heterocycles. The summed E-state index contributed by atoms with van der Waals surface area (Å²) in [6.07, 6.45) is 7.55. The lowest BCUT2D eigenvalue weighted by Gasteiger charge is -2.16.